The Morgan fingerprint density at radius 3 is 2.79 bits per heavy atom. The van der Waals surface area contributed by atoms with Gasteiger partial charge in [0.05, 0.1) is 0 Å². The molecule has 3 nitrogen and oxygen atoms in total. The van der Waals surface area contributed by atoms with Gasteiger partial charge in [-0.15, -0.1) is 0 Å². The second kappa shape index (κ2) is 7.63. The molecule has 1 aromatic rings. The van der Waals surface area contributed by atoms with Gasteiger partial charge in [0.2, 0.25) is 0 Å². The van der Waals surface area contributed by atoms with Gasteiger partial charge in [0.1, 0.15) is 0 Å². The molecular weight excluding hydrogens is 234 g/mol. The van der Waals surface area contributed by atoms with Gasteiger partial charge in [-0.3, -0.25) is 4.90 Å². The first-order valence-electron chi connectivity index (χ1n) is 7.47. The number of nitrogens with one attached hydrogen (secondary N) is 1. The molecule has 1 heterocycles. The van der Waals surface area contributed by atoms with Crippen molar-refractivity contribution in [2.45, 2.75) is 25.9 Å². The molecule has 0 aromatic heterocycles. The second-order valence-electron chi connectivity index (χ2n) is 5.48. The number of rotatable bonds is 6. The van der Waals surface area contributed by atoms with Crippen LogP contribution in [0.2, 0.25) is 0 Å². The van der Waals surface area contributed by atoms with Crippen molar-refractivity contribution in [2.75, 3.05) is 39.8 Å². The minimum Gasteiger partial charge on any atom is -0.314 e. The molecule has 1 fully saturated rings. The summed E-state index contributed by atoms with van der Waals surface area (Å²) in [6, 6.07) is 11.5. The molecule has 1 unspecified atom stereocenters. The predicted molar refractivity (Wildman–Crippen MR) is 81.3 cm³/mol. The van der Waals surface area contributed by atoms with Crippen molar-refractivity contribution in [1.29, 1.82) is 0 Å². The third-order valence-corrected chi connectivity index (χ3v) is 4.12. The van der Waals surface area contributed by atoms with Crippen LogP contribution < -0.4 is 5.32 Å². The van der Waals surface area contributed by atoms with E-state index in [1.807, 2.05) is 0 Å². The minimum absolute atomic E-state index is 0.693. The van der Waals surface area contributed by atoms with Crippen LogP contribution in [0.3, 0.4) is 0 Å². The number of piperazine rings is 1. The molecule has 0 radical (unpaired) electrons. The highest BCUT2D eigenvalue weighted by Crippen LogP contribution is 2.09. The lowest BCUT2D eigenvalue weighted by Crippen LogP contribution is -2.50. The van der Waals surface area contributed by atoms with Crippen LogP contribution in [0.1, 0.15) is 18.9 Å². The Morgan fingerprint density at radius 1 is 1.32 bits per heavy atom. The summed E-state index contributed by atoms with van der Waals surface area (Å²) in [4.78, 5) is 5.03. The van der Waals surface area contributed by atoms with Gasteiger partial charge in [-0.1, -0.05) is 37.3 Å². The van der Waals surface area contributed by atoms with E-state index in [9.17, 15) is 0 Å². The van der Waals surface area contributed by atoms with Crippen LogP contribution in [0.15, 0.2) is 30.3 Å². The molecule has 19 heavy (non-hydrogen) atoms. The summed E-state index contributed by atoms with van der Waals surface area (Å²) in [7, 11) is 2.25. The van der Waals surface area contributed by atoms with E-state index in [1.54, 1.807) is 0 Å². The SMILES string of the molecule is CCN(CCC1CNCCN1C)Cc1ccccc1. The fraction of sp³-hybridized carbons (Fsp3) is 0.625. The molecule has 2 rings (SSSR count). The van der Waals surface area contributed by atoms with E-state index >= 15 is 0 Å². The number of benzene rings is 1. The van der Waals surface area contributed by atoms with Crippen molar-refractivity contribution in [3.8, 4) is 0 Å². The van der Waals surface area contributed by atoms with Crippen LogP contribution in [0.25, 0.3) is 0 Å². The Labute approximate surface area is 117 Å². The smallest absolute Gasteiger partial charge is 0.0233 e. The van der Waals surface area contributed by atoms with Crippen LogP contribution >= 0.6 is 0 Å². The molecule has 0 spiro atoms. The molecular formula is C16H27N3. The lowest BCUT2D eigenvalue weighted by atomic mass is 10.1. The van der Waals surface area contributed by atoms with Gasteiger partial charge in [0, 0.05) is 38.8 Å². The van der Waals surface area contributed by atoms with Crippen molar-refractivity contribution >= 4 is 0 Å². The van der Waals surface area contributed by atoms with Gasteiger partial charge in [0.25, 0.3) is 0 Å². The number of nitrogens with zero attached hydrogens (tertiary/aromatic N) is 2. The number of hydrogen-bond acceptors (Lipinski definition) is 3. The van der Waals surface area contributed by atoms with Crippen molar-refractivity contribution < 1.29 is 0 Å². The molecule has 1 aromatic carbocycles. The summed E-state index contributed by atoms with van der Waals surface area (Å²) >= 11 is 0. The van der Waals surface area contributed by atoms with Crippen LogP contribution in [-0.4, -0.2) is 55.6 Å². The van der Waals surface area contributed by atoms with Gasteiger partial charge in [-0.25, -0.2) is 0 Å². The van der Waals surface area contributed by atoms with Crippen LogP contribution in [-0.2, 0) is 6.54 Å². The van der Waals surface area contributed by atoms with Crippen molar-refractivity contribution in [3.63, 3.8) is 0 Å². The summed E-state index contributed by atoms with van der Waals surface area (Å²) in [6.07, 6.45) is 1.25. The summed E-state index contributed by atoms with van der Waals surface area (Å²) in [6.45, 7) is 9.08. The zero-order chi connectivity index (χ0) is 13.5. The van der Waals surface area contributed by atoms with Gasteiger partial charge < -0.3 is 10.2 Å². The number of hydrogen-bond donors (Lipinski definition) is 1. The first-order chi connectivity index (χ1) is 9.29. The fourth-order valence-electron chi connectivity index (χ4n) is 2.71. The van der Waals surface area contributed by atoms with Crippen LogP contribution in [0.5, 0.6) is 0 Å². The summed E-state index contributed by atoms with van der Waals surface area (Å²) in [5, 5.41) is 3.50. The van der Waals surface area contributed by atoms with E-state index in [2.05, 4.69) is 59.4 Å². The Balaban J connectivity index is 1.79. The average Bonchev–Trinajstić information content (AvgIpc) is 2.46. The molecule has 0 aliphatic carbocycles. The molecule has 1 atom stereocenters. The number of likely N-dealkylation sites (N-methyl/N-ethyl adjacent to an activating group) is 1. The standard InChI is InChI=1S/C16H27N3/c1-3-19(14-15-7-5-4-6-8-15)11-9-16-13-17-10-12-18(16)2/h4-8,16-17H,3,9-14H2,1-2H3. The van der Waals surface area contributed by atoms with E-state index < -0.39 is 0 Å². The quantitative estimate of drug-likeness (QED) is 0.842. The lowest BCUT2D eigenvalue weighted by Gasteiger charge is -2.34. The van der Waals surface area contributed by atoms with Gasteiger partial charge in [-0.2, -0.15) is 0 Å². The van der Waals surface area contributed by atoms with Gasteiger partial charge >= 0.3 is 0 Å². The third kappa shape index (κ3) is 4.60. The average molecular weight is 261 g/mol. The van der Waals surface area contributed by atoms with E-state index in [4.69, 9.17) is 0 Å². The lowest BCUT2D eigenvalue weighted by molar-refractivity contribution is 0.165. The first-order valence-corrected chi connectivity index (χ1v) is 7.47. The molecule has 1 aliphatic heterocycles. The Morgan fingerprint density at radius 2 is 2.11 bits per heavy atom. The maximum Gasteiger partial charge on any atom is 0.0233 e. The van der Waals surface area contributed by atoms with Gasteiger partial charge in [-0.05, 0) is 25.6 Å². The monoisotopic (exact) mass is 261 g/mol. The molecule has 106 valence electrons. The van der Waals surface area contributed by atoms with Crippen molar-refractivity contribution in [3.05, 3.63) is 35.9 Å². The highest BCUT2D eigenvalue weighted by atomic mass is 15.2. The molecule has 1 saturated heterocycles. The maximum atomic E-state index is 3.50. The van der Waals surface area contributed by atoms with E-state index in [1.165, 1.54) is 25.1 Å². The molecule has 0 saturated carbocycles. The van der Waals surface area contributed by atoms with Crippen molar-refractivity contribution in [2.24, 2.45) is 0 Å². The molecule has 1 N–H and O–H groups in total. The Hall–Kier alpha value is -0.900. The zero-order valence-electron chi connectivity index (χ0n) is 12.3. The minimum atomic E-state index is 0.693. The van der Waals surface area contributed by atoms with E-state index in [0.29, 0.717) is 6.04 Å². The van der Waals surface area contributed by atoms with Crippen LogP contribution in [0.4, 0.5) is 0 Å². The first kappa shape index (κ1) is 14.5. The maximum absolute atomic E-state index is 3.50. The van der Waals surface area contributed by atoms with Crippen LogP contribution in [0, 0.1) is 0 Å². The highest BCUT2D eigenvalue weighted by Gasteiger charge is 2.18. The third-order valence-electron chi connectivity index (χ3n) is 4.12. The highest BCUT2D eigenvalue weighted by molar-refractivity contribution is 5.14. The van der Waals surface area contributed by atoms with Crippen molar-refractivity contribution in [1.82, 2.24) is 15.1 Å². The second-order valence-corrected chi connectivity index (χ2v) is 5.48. The fourth-order valence-corrected chi connectivity index (χ4v) is 2.71. The molecule has 3 heteroatoms. The summed E-state index contributed by atoms with van der Waals surface area (Å²) in [5.41, 5.74) is 1.42. The summed E-state index contributed by atoms with van der Waals surface area (Å²) in [5.74, 6) is 0. The predicted octanol–water partition coefficient (Wildman–Crippen LogP) is 1.80. The van der Waals surface area contributed by atoms with E-state index in [-0.39, 0.29) is 0 Å². The molecule has 0 amide bonds. The normalized spacial score (nSPS) is 20.9. The molecule has 1 aliphatic rings. The van der Waals surface area contributed by atoms with E-state index in [0.717, 1.165) is 26.2 Å². The van der Waals surface area contributed by atoms with Gasteiger partial charge in [0.15, 0.2) is 0 Å². The zero-order valence-corrected chi connectivity index (χ0v) is 12.3. The summed E-state index contributed by atoms with van der Waals surface area (Å²) < 4.78 is 0. The Bertz CT molecular complexity index is 352. The molecule has 0 bridgehead atoms. The largest absolute Gasteiger partial charge is 0.314 e. The Kier molecular flexibility index (Phi) is 5.83. The topological polar surface area (TPSA) is 18.5 Å².